The van der Waals surface area contributed by atoms with E-state index in [0.717, 1.165) is 17.8 Å². The second-order valence-corrected chi connectivity index (χ2v) is 6.18. The molecule has 3 aliphatic carbocycles. The van der Waals surface area contributed by atoms with Crippen molar-refractivity contribution in [1.29, 1.82) is 0 Å². The van der Waals surface area contributed by atoms with E-state index in [0.29, 0.717) is 5.41 Å². The van der Waals surface area contributed by atoms with E-state index in [1.807, 2.05) is 11.8 Å². The quantitative estimate of drug-likeness (QED) is 0.608. The first-order valence-electron chi connectivity index (χ1n) is 5.25. The Morgan fingerprint density at radius 2 is 2.15 bits per heavy atom. The molecule has 0 aromatic rings. The second kappa shape index (κ2) is 3.05. The average Bonchev–Trinajstić information content (AvgIpc) is 2.08. The van der Waals surface area contributed by atoms with E-state index in [2.05, 4.69) is 26.7 Å². The molecule has 74 valence electrons. The highest BCUT2D eigenvalue weighted by molar-refractivity contribution is 7.98. The van der Waals surface area contributed by atoms with Crippen LogP contribution in [0.3, 0.4) is 0 Å². The minimum atomic E-state index is 0.575. The summed E-state index contributed by atoms with van der Waals surface area (Å²) in [6.45, 7) is 9.16. The second-order valence-electron chi connectivity index (χ2n) is 5.27. The Hall–Kier alpha value is 0.0900. The van der Waals surface area contributed by atoms with Gasteiger partial charge in [-0.2, -0.15) is 11.8 Å². The van der Waals surface area contributed by atoms with Crippen LogP contribution in [0, 0.1) is 23.2 Å². The van der Waals surface area contributed by atoms with Gasteiger partial charge in [0.25, 0.3) is 0 Å². The zero-order valence-electron chi connectivity index (χ0n) is 8.97. The van der Waals surface area contributed by atoms with Crippen molar-refractivity contribution in [3.8, 4) is 0 Å². The Morgan fingerprint density at radius 3 is 2.62 bits per heavy atom. The number of allylic oxidation sites excluding steroid dienone is 1. The minimum Gasteiger partial charge on any atom is -0.165 e. The molecule has 0 saturated heterocycles. The van der Waals surface area contributed by atoms with Crippen LogP contribution >= 0.6 is 11.8 Å². The van der Waals surface area contributed by atoms with Gasteiger partial charge >= 0.3 is 0 Å². The van der Waals surface area contributed by atoms with Crippen LogP contribution in [-0.4, -0.2) is 12.0 Å². The maximum Gasteiger partial charge on any atom is -0.000445 e. The summed E-state index contributed by atoms with van der Waals surface area (Å²) in [6.07, 6.45) is 5.04. The predicted octanol–water partition coefficient (Wildman–Crippen LogP) is 3.59. The van der Waals surface area contributed by atoms with Gasteiger partial charge in [-0.15, -0.1) is 0 Å². The average molecular weight is 196 g/mol. The lowest BCUT2D eigenvalue weighted by molar-refractivity contribution is -0.0430. The third kappa shape index (κ3) is 1.27. The van der Waals surface area contributed by atoms with Crippen LogP contribution < -0.4 is 0 Å². The Labute approximate surface area is 86.2 Å². The zero-order valence-corrected chi connectivity index (χ0v) is 9.79. The molecule has 13 heavy (non-hydrogen) atoms. The Kier molecular flexibility index (Phi) is 2.26. The van der Waals surface area contributed by atoms with Gasteiger partial charge in [-0.25, -0.2) is 0 Å². The van der Waals surface area contributed by atoms with Crippen molar-refractivity contribution in [3.05, 3.63) is 12.2 Å². The van der Waals surface area contributed by atoms with Gasteiger partial charge in [0.05, 0.1) is 0 Å². The zero-order chi connectivity index (χ0) is 9.64. The van der Waals surface area contributed by atoms with Crippen molar-refractivity contribution in [1.82, 2.24) is 0 Å². The predicted molar refractivity (Wildman–Crippen MR) is 61.0 cm³/mol. The molecule has 1 heteroatoms. The van der Waals surface area contributed by atoms with Gasteiger partial charge in [0.2, 0.25) is 0 Å². The Bertz CT molecular complexity index is 229. The molecule has 0 N–H and O–H groups in total. The summed E-state index contributed by atoms with van der Waals surface area (Å²) in [7, 11) is 0. The molecule has 0 unspecified atom stereocenters. The molecule has 0 amide bonds. The molecular weight excluding hydrogens is 176 g/mol. The van der Waals surface area contributed by atoms with Gasteiger partial charge in [0, 0.05) is 0 Å². The standard InChI is InChI=1S/C12H20S/c1-8-9(7-13-4)5-10-6-11(8)12(10,2)3/h9-11H,1,5-7H2,2-4H3/t9-,10+,11-/m1/s1. The number of hydrogen-bond donors (Lipinski definition) is 0. The van der Waals surface area contributed by atoms with Crippen LogP contribution in [0.5, 0.6) is 0 Å². The number of fused-ring (bicyclic) bond motifs is 2. The van der Waals surface area contributed by atoms with Crippen molar-refractivity contribution < 1.29 is 0 Å². The van der Waals surface area contributed by atoms with E-state index in [4.69, 9.17) is 0 Å². The largest absolute Gasteiger partial charge is 0.165 e. The van der Waals surface area contributed by atoms with Crippen LogP contribution in [0.2, 0.25) is 0 Å². The monoisotopic (exact) mass is 196 g/mol. The molecule has 0 aromatic carbocycles. The van der Waals surface area contributed by atoms with Crippen LogP contribution in [0.4, 0.5) is 0 Å². The molecule has 3 fully saturated rings. The van der Waals surface area contributed by atoms with E-state index >= 15 is 0 Å². The highest BCUT2D eigenvalue weighted by Crippen LogP contribution is 2.62. The lowest BCUT2D eigenvalue weighted by Gasteiger charge is -2.60. The molecule has 3 aliphatic rings. The van der Waals surface area contributed by atoms with Gasteiger partial charge in [-0.3, -0.25) is 0 Å². The molecule has 0 aromatic heterocycles. The SMILES string of the molecule is C=C1[C@@H](CSC)C[C@H]2C[C@H]1C2(C)C. The molecule has 3 saturated carbocycles. The van der Waals surface area contributed by atoms with Crippen molar-refractivity contribution in [2.75, 3.05) is 12.0 Å². The first kappa shape index (κ1) is 9.64. The first-order valence-corrected chi connectivity index (χ1v) is 6.64. The number of rotatable bonds is 2. The third-order valence-electron chi connectivity index (χ3n) is 4.38. The summed E-state index contributed by atoms with van der Waals surface area (Å²) in [5.41, 5.74) is 2.13. The van der Waals surface area contributed by atoms with E-state index in [9.17, 15) is 0 Å². The molecule has 0 aliphatic heterocycles. The van der Waals surface area contributed by atoms with E-state index in [1.54, 1.807) is 5.57 Å². The maximum atomic E-state index is 4.32. The molecule has 3 atom stereocenters. The normalized spacial score (nSPS) is 41.5. The van der Waals surface area contributed by atoms with Gasteiger partial charge in [-0.1, -0.05) is 26.0 Å². The first-order chi connectivity index (χ1) is 6.07. The summed E-state index contributed by atoms with van der Waals surface area (Å²) in [4.78, 5) is 0. The Morgan fingerprint density at radius 1 is 1.46 bits per heavy atom. The number of hydrogen-bond acceptors (Lipinski definition) is 1. The fraction of sp³-hybridized carbons (Fsp3) is 0.833. The van der Waals surface area contributed by atoms with Crippen LogP contribution in [0.25, 0.3) is 0 Å². The van der Waals surface area contributed by atoms with Gasteiger partial charge in [-0.05, 0) is 48.0 Å². The third-order valence-corrected chi connectivity index (χ3v) is 5.12. The van der Waals surface area contributed by atoms with Crippen LogP contribution in [0.15, 0.2) is 12.2 Å². The minimum absolute atomic E-state index is 0.575. The van der Waals surface area contributed by atoms with E-state index in [1.165, 1.54) is 18.6 Å². The van der Waals surface area contributed by atoms with Crippen molar-refractivity contribution >= 4 is 11.8 Å². The molecule has 0 heterocycles. The summed E-state index contributed by atoms with van der Waals surface area (Å²) >= 11 is 1.97. The molecule has 2 bridgehead atoms. The Balaban J connectivity index is 2.08. The van der Waals surface area contributed by atoms with Crippen molar-refractivity contribution in [3.63, 3.8) is 0 Å². The van der Waals surface area contributed by atoms with Gasteiger partial charge in [0.1, 0.15) is 0 Å². The number of thioether (sulfide) groups is 1. The molecule has 0 radical (unpaired) electrons. The van der Waals surface area contributed by atoms with E-state index < -0.39 is 0 Å². The summed E-state index contributed by atoms with van der Waals surface area (Å²) in [5, 5.41) is 0. The highest BCUT2D eigenvalue weighted by atomic mass is 32.2. The van der Waals surface area contributed by atoms with Crippen LogP contribution in [-0.2, 0) is 0 Å². The fourth-order valence-electron chi connectivity index (χ4n) is 3.20. The molecular formula is C12H20S. The fourth-order valence-corrected chi connectivity index (χ4v) is 3.95. The van der Waals surface area contributed by atoms with E-state index in [-0.39, 0.29) is 0 Å². The molecule has 0 nitrogen and oxygen atoms in total. The summed E-state index contributed by atoms with van der Waals surface area (Å²) in [6, 6.07) is 0. The van der Waals surface area contributed by atoms with Gasteiger partial charge in [0.15, 0.2) is 0 Å². The lowest BCUT2D eigenvalue weighted by Crippen LogP contribution is -2.52. The topological polar surface area (TPSA) is 0 Å². The molecule has 3 rings (SSSR count). The lowest BCUT2D eigenvalue weighted by atomic mass is 9.45. The smallest absolute Gasteiger partial charge is 0.000445 e. The van der Waals surface area contributed by atoms with Crippen molar-refractivity contribution in [2.45, 2.75) is 26.7 Å². The molecule has 0 spiro atoms. The van der Waals surface area contributed by atoms with Crippen molar-refractivity contribution in [2.24, 2.45) is 23.2 Å². The highest BCUT2D eigenvalue weighted by Gasteiger charge is 2.54. The van der Waals surface area contributed by atoms with Crippen LogP contribution in [0.1, 0.15) is 26.7 Å². The summed E-state index contributed by atoms with van der Waals surface area (Å²) in [5.74, 6) is 3.94. The summed E-state index contributed by atoms with van der Waals surface area (Å²) < 4.78 is 0. The maximum absolute atomic E-state index is 4.32. The van der Waals surface area contributed by atoms with Gasteiger partial charge < -0.3 is 0 Å².